The summed E-state index contributed by atoms with van der Waals surface area (Å²) < 4.78 is 23.3. The number of carboxylic acids is 1. The van der Waals surface area contributed by atoms with Gasteiger partial charge in [0, 0.05) is 12.1 Å². The Bertz CT molecular complexity index is 632. The van der Waals surface area contributed by atoms with Crippen molar-refractivity contribution in [3.8, 4) is 0 Å². The Kier molecular flexibility index (Phi) is 5.11. The van der Waals surface area contributed by atoms with Crippen LogP contribution < -0.4 is 5.32 Å². The molecule has 7 heteroatoms. The second kappa shape index (κ2) is 6.26. The lowest BCUT2D eigenvalue weighted by Crippen LogP contribution is -2.38. The van der Waals surface area contributed by atoms with Gasteiger partial charge in [0.1, 0.15) is 0 Å². The second-order valence-corrected chi connectivity index (χ2v) is 7.58. The van der Waals surface area contributed by atoms with Gasteiger partial charge in [-0.1, -0.05) is 6.92 Å². The number of carbonyl (C=O) groups excluding carboxylic acids is 1. The third-order valence-electron chi connectivity index (χ3n) is 3.13. The van der Waals surface area contributed by atoms with Crippen LogP contribution in [-0.4, -0.2) is 37.7 Å². The van der Waals surface area contributed by atoms with Crippen LogP contribution in [0.5, 0.6) is 0 Å². The Hall–Kier alpha value is -1.89. The first kappa shape index (κ1) is 17.2. The molecule has 0 fully saturated rings. The van der Waals surface area contributed by atoms with E-state index in [1.54, 1.807) is 6.92 Å². The van der Waals surface area contributed by atoms with Gasteiger partial charge in [-0.15, -0.1) is 0 Å². The van der Waals surface area contributed by atoms with Gasteiger partial charge in [0.05, 0.1) is 16.1 Å². The van der Waals surface area contributed by atoms with Gasteiger partial charge in [-0.2, -0.15) is 0 Å². The molecule has 0 aliphatic carbocycles. The minimum absolute atomic E-state index is 0.00859. The molecule has 0 atom stereocenters. The summed E-state index contributed by atoms with van der Waals surface area (Å²) in [5.41, 5.74) is -0.785. The van der Waals surface area contributed by atoms with Crippen molar-refractivity contribution in [2.24, 2.45) is 5.41 Å². The Morgan fingerprint density at radius 1 is 1.19 bits per heavy atom. The van der Waals surface area contributed by atoms with Crippen molar-refractivity contribution in [1.29, 1.82) is 0 Å². The normalized spacial score (nSPS) is 12.0. The summed E-state index contributed by atoms with van der Waals surface area (Å²) >= 11 is 0. The molecular formula is C14H19NO5S. The molecule has 0 spiro atoms. The summed E-state index contributed by atoms with van der Waals surface area (Å²) in [6.45, 7) is 4.54. The number of nitrogens with one attached hydrogen (secondary N) is 1. The van der Waals surface area contributed by atoms with E-state index in [-0.39, 0.29) is 22.8 Å². The number of hydrogen-bond acceptors (Lipinski definition) is 4. The first-order valence-electron chi connectivity index (χ1n) is 6.44. The highest BCUT2D eigenvalue weighted by atomic mass is 32.2. The average Bonchev–Trinajstić information content (AvgIpc) is 2.44. The lowest BCUT2D eigenvalue weighted by molar-refractivity contribution is -0.146. The maximum Gasteiger partial charge on any atom is 0.310 e. The van der Waals surface area contributed by atoms with Gasteiger partial charge >= 0.3 is 5.97 Å². The third-order valence-corrected chi connectivity index (χ3v) is 4.88. The van der Waals surface area contributed by atoms with Gasteiger partial charge in [-0.05, 0) is 38.1 Å². The van der Waals surface area contributed by atoms with Crippen molar-refractivity contribution in [2.45, 2.75) is 25.7 Å². The second-order valence-electron chi connectivity index (χ2n) is 5.30. The zero-order valence-electron chi connectivity index (χ0n) is 12.2. The summed E-state index contributed by atoms with van der Waals surface area (Å²) in [5, 5.41) is 11.5. The van der Waals surface area contributed by atoms with E-state index in [1.807, 2.05) is 0 Å². The molecule has 0 saturated heterocycles. The van der Waals surface area contributed by atoms with Gasteiger partial charge in [-0.3, -0.25) is 9.59 Å². The number of hydrogen-bond donors (Lipinski definition) is 2. The van der Waals surface area contributed by atoms with E-state index in [1.165, 1.54) is 38.1 Å². The minimum atomic E-state index is -3.30. The van der Waals surface area contributed by atoms with Crippen molar-refractivity contribution >= 4 is 21.7 Å². The van der Waals surface area contributed by atoms with Gasteiger partial charge in [0.25, 0.3) is 5.91 Å². The zero-order chi connectivity index (χ0) is 16.3. The van der Waals surface area contributed by atoms with Crippen LogP contribution >= 0.6 is 0 Å². The Labute approximate surface area is 124 Å². The summed E-state index contributed by atoms with van der Waals surface area (Å²) in [6.07, 6.45) is 0. The quantitative estimate of drug-likeness (QED) is 0.825. The zero-order valence-corrected chi connectivity index (χ0v) is 13.0. The van der Waals surface area contributed by atoms with E-state index in [4.69, 9.17) is 5.11 Å². The molecule has 0 radical (unpaired) electrons. The fraction of sp³-hybridized carbons (Fsp3) is 0.429. The Morgan fingerprint density at radius 3 is 2.14 bits per heavy atom. The van der Waals surface area contributed by atoms with Crippen molar-refractivity contribution < 1.29 is 23.1 Å². The van der Waals surface area contributed by atoms with Crippen LogP contribution in [0.15, 0.2) is 29.2 Å². The smallest absolute Gasteiger partial charge is 0.310 e. The van der Waals surface area contributed by atoms with E-state index in [0.29, 0.717) is 0 Å². The molecule has 1 amide bonds. The number of carboxylic acid groups (broad SMARTS) is 1. The number of rotatable bonds is 6. The van der Waals surface area contributed by atoms with E-state index >= 15 is 0 Å². The van der Waals surface area contributed by atoms with Gasteiger partial charge in [-0.25, -0.2) is 8.42 Å². The standard InChI is InChI=1S/C14H19NO5S/c1-4-21(19,20)11-7-5-10(6-8-11)12(16)15-9-14(2,3)13(17)18/h5-8H,4,9H2,1-3H3,(H,15,16)(H,17,18). The molecule has 21 heavy (non-hydrogen) atoms. The summed E-state index contributed by atoms with van der Waals surface area (Å²) in [6, 6.07) is 5.56. The molecule has 1 aromatic carbocycles. The fourth-order valence-electron chi connectivity index (χ4n) is 1.46. The molecule has 0 heterocycles. The summed E-state index contributed by atoms with van der Waals surface area (Å²) in [7, 11) is -3.30. The van der Waals surface area contributed by atoms with Crippen LogP contribution in [0.1, 0.15) is 31.1 Å². The molecule has 0 aliphatic rings. The van der Waals surface area contributed by atoms with E-state index in [2.05, 4.69) is 5.32 Å². The third kappa shape index (κ3) is 4.29. The van der Waals surface area contributed by atoms with E-state index in [9.17, 15) is 18.0 Å². The maximum absolute atomic E-state index is 11.9. The molecule has 2 N–H and O–H groups in total. The van der Waals surface area contributed by atoms with Gasteiger partial charge < -0.3 is 10.4 Å². The summed E-state index contributed by atoms with van der Waals surface area (Å²) in [5.74, 6) is -1.46. The highest BCUT2D eigenvalue weighted by Gasteiger charge is 2.27. The molecule has 0 saturated carbocycles. The molecule has 116 valence electrons. The Morgan fingerprint density at radius 2 is 1.71 bits per heavy atom. The fourth-order valence-corrected chi connectivity index (χ4v) is 2.34. The lowest BCUT2D eigenvalue weighted by Gasteiger charge is -2.19. The molecule has 0 unspecified atom stereocenters. The van der Waals surface area contributed by atoms with Crippen LogP contribution in [0, 0.1) is 5.41 Å². The number of amides is 1. The highest BCUT2D eigenvalue weighted by Crippen LogP contribution is 2.15. The van der Waals surface area contributed by atoms with Crippen LogP contribution in [0.4, 0.5) is 0 Å². The number of benzene rings is 1. The van der Waals surface area contributed by atoms with Crippen molar-refractivity contribution in [3.63, 3.8) is 0 Å². The van der Waals surface area contributed by atoms with Crippen LogP contribution in [0.3, 0.4) is 0 Å². The topological polar surface area (TPSA) is 101 Å². The minimum Gasteiger partial charge on any atom is -0.481 e. The SMILES string of the molecule is CCS(=O)(=O)c1ccc(C(=O)NCC(C)(C)C(=O)O)cc1. The number of sulfone groups is 1. The van der Waals surface area contributed by atoms with E-state index in [0.717, 1.165) is 0 Å². The largest absolute Gasteiger partial charge is 0.481 e. The maximum atomic E-state index is 11.9. The van der Waals surface area contributed by atoms with Crippen molar-refractivity contribution in [2.75, 3.05) is 12.3 Å². The Balaban J connectivity index is 2.79. The predicted molar refractivity (Wildman–Crippen MR) is 77.9 cm³/mol. The van der Waals surface area contributed by atoms with Crippen molar-refractivity contribution in [1.82, 2.24) is 5.32 Å². The van der Waals surface area contributed by atoms with Crippen LogP contribution in [-0.2, 0) is 14.6 Å². The van der Waals surface area contributed by atoms with Crippen molar-refractivity contribution in [3.05, 3.63) is 29.8 Å². The molecule has 1 aromatic rings. The lowest BCUT2D eigenvalue weighted by atomic mass is 9.94. The molecule has 0 bridgehead atoms. The average molecular weight is 313 g/mol. The molecular weight excluding hydrogens is 294 g/mol. The monoisotopic (exact) mass is 313 g/mol. The van der Waals surface area contributed by atoms with Crippen LogP contribution in [0.2, 0.25) is 0 Å². The first-order chi connectivity index (χ1) is 9.60. The molecule has 6 nitrogen and oxygen atoms in total. The first-order valence-corrected chi connectivity index (χ1v) is 8.10. The van der Waals surface area contributed by atoms with Gasteiger partial charge in [0.15, 0.2) is 9.84 Å². The predicted octanol–water partition coefficient (Wildman–Crippen LogP) is 1.32. The van der Waals surface area contributed by atoms with Gasteiger partial charge in [0.2, 0.25) is 0 Å². The van der Waals surface area contributed by atoms with Crippen LogP contribution in [0.25, 0.3) is 0 Å². The molecule has 0 aromatic heterocycles. The molecule has 0 aliphatic heterocycles. The molecule has 1 rings (SSSR count). The summed E-state index contributed by atoms with van der Waals surface area (Å²) in [4.78, 5) is 23.0. The number of aliphatic carboxylic acids is 1. The number of carbonyl (C=O) groups is 2. The highest BCUT2D eigenvalue weighted by molar-refractivity contribution is 7.91. The van der Waals surface area contributed by atoms with E-state index < -0.39 is 27.1 Å².